The minimum absolute atomic E-state index is 0.112. The molecule has 1 unspecified atom stereocenters. The normalized spacial score (nSPS) is 22.3. The van der Waals surface area contributed by atoms with E-state index in [4.69, 9.17) is 5.26 Å². The molecule has 1 aliphatic heterocycles. The van der Waals surface area contributed by atoms with Gasteiger partial charge in [-0.3, -0.25) is 4.90 Å². The van der Waals surface area contributed by atoms with Crippen LogP contribution in [0, 0.1) is 16.7 Å². The van der Waals surface area contributed by atoms with Gasteiger partial charge in [-0.15, -0.1) is 0 Å². The van der Waals surface area contributed by atoms with Gasteiger partial charge in [-0.2, -0.15) is 5.26 Å². The summed E-state index contributed by atoms with van der Waals surface area (Å²) in [5, 5.41) is 19.1. The van der Waals surface area contributed by atoms with Crippen molar-refractivity contribution in [2.24, 2.45) is 5.41 Å². The summed E-state index contributed by atoms with van der Waals surface area (Å²) >= 11 is 0. The highest BCUT2D eigenvalue weighted by Crippen LogP contribution is 2.46. The van der Waals surface area contributed by atoms with Gasteiger partial charge >= 0.3 is 0 Å². The van der Waals surface area contributed by atoms with E-state index in [0.29, 0.717) is 12.1 Å². The fourth-order valence-electron chi connectivity index (χ4n) is 2.59. The molecule has 0 aromatic heterocycles. The van der Waals surface area contributed by atoms with Gasteiger partial charge in [-0.25, -0.2) is 0 Å². The predicted octanol–water partition coefficient (Wildman–Crippen LogP) is 2.71. The van der Waals surface area contributed by atoms with Gasteiger partial charge in [0.15, 0.2) is 0 Å². The van der Waals surface area contributed by atoms with E-state index in [1.807, 2.05) is 12.1 Å². The minimum atomic E-state index is -0.497. The van der Waals surface area contributed by atoms with Gasteiger partial charge < -0.3 is 5.11 Å². The lowest BCUT2D eigenvalue weighted by Crippen LogP contribution is -2.69. The van der Waals surface area contributed by atoms with Gasteiger partial charge in [0, 0.05) is 18.6 Å². The summed E-state index contributed by atoms with van der Waals surface area (Å²) in [5.41, 5.74) is 1.90. The molecule has 3 nitrogen and oxygen atoms in total. The smallest absolute Gasteiger partial charge is 0.0991 e. The maximum atomic E-state index is 10.3. The topological polar surface area (TPSA) is 47.3 Å². The van der Waals surface area contributed by atoms with E-state index in [0.717, 1.165) is 12.1 Å². The standard InChI is InChI=1S/C16H22N2O/c1-15(2)11-18(16(15,3)4)10-14(19)13-7-5-12(9-17)6-8-13/h5-8,14,19H,10-11H2,1-4H3. The molecule has 1 N–H and O–H groups in total. The first-order chi connectivity index (χ1) is 8.78. The van der Waals surface area contributed by atoms with Crippen LogP contribution >= 0.6 is 0 Å². The lowest BCUT2D eigenvalue weighted by atomic mass is 9.65. The maximum absolute atomic E-state index is 10.3. The fraction of sp³-hybridized carbons (Fsp3) is 0.562. The summed E-state index contributed by atoms with van der Waals surface area (Å²) in [6.45, 7) is 10.6. The zero-order valence-electron chi connectivity index (χ0n) is 12.1. The fourth-order valence-corrected chi connectivity index (χ4v) is 2.59. The van der Waals surface area contributed by atoms with Crippen LogP contribution < -0.4 is 0 Å². The second-order valence-electron chi connectivity index (χ2n) is 6.57. The largest absolute Gasteiger partial charge is 0.387 e. The number of rotatable bonds is 3. The van der Waals surface area contributed by atoms with Crippen LogP contribution in [-0.4, -0.2) is 28.6 Å². The Morgan fingerprint density at radius 1 is 1.26 bits per heavy atom. The molecule has 102 valence electrons. The second kappa shape index (κ2) is 4.63. The third kappa shape index (κ3) is 2.39. The van der Waals surface area contributed by atoms with Gasteiger partial charge in [-0.1, -0.05) is 26.0 Å². The molecule has 1 aliphatic rings. The first kappa shape index (κ1) is 14.0. The van der Waals surface area contributed by atoms with Crippen molar-refractivity contribution in [3.8, 4) is 6.07 Å². The molecule has 1 saturated heterocycles. The molecule has 2 rings (SSSR count). The quantitative estimate of drug-likeness (QED) is 0.906. The molecule has 0 spiro atoms. The van der Waals surface area contributed by atoms with Gasteiger partial charge in [0.2, 0.25) is 0 Å². The molecule has 19 heavy (non-hydrogen) atoms. The summed E-state index contributed by atoms with van der Waals surface area (Å²) in [5.74, 6) is 0. The van der Waals surface area contributed by atoms with E-state index in [-0.39, 0.29) is 11.0 Å². The first-order valence-corrected chi connectivity index (χ1v) is 6.71. The zero-order chi connectivity index (χ0) is 14.3. The van der Waals surface area contributed by atoms with E-state index >= 15 is 0 Å². The van der Waals surface area contributed by atoms with Crippen LogP contribution in [-0.2, 0) is 0 Å². The summed E-state index contributed by atoms with van der Waals surface area (Å²) in [6, 6.07) is 9.26. The highest BCUT2D eigenvalue weighted by Gasteiger charge is 2.52. The van der Waals surface area contributed by atoms with Crippen molar-refractivity contribution < 1.29 is 5.11 Å². The lowest BCUT2D eigenvalue weighted by molar-refractivity contribution is -0.131. The van der Waals surface area contributed by atoms with Crippen LogP contribution in [0.3, 0.4) is 0 Å². The van der Waals surface area contributed by atoms with Gasteiger partial charge in [0.05, 0.1) is 17.7 Å². The molecule has 1 fully saturated rings. The van der Waals surface area contributed by atoms with Crippen molar-refractivity contribution in [3.63, 3.8) is 0 Å². The third-order valence-electron chi connectivity index (χ3n) is 4.85. The maximum Gasteiger partial charge on any atom is 0.0991 e. The molecule has 1 atom stereocenters. The third-order valence-corrected chi connectivity index (χ3v) is 4.85. The summed E-state index contributed by atoms with van der Waals surface area (Å²) in [4.78, 5) is 2.32. The van der Waals surface area contributed by atoms with Crippen molar-refractivity contribution in [2.45, 2.75) is 39.3 Å². The molecule has 1 heterocycles. The molecule has 0 radical (unpaired) electrons. The lowest BCUT2D eigenvalue weighted by Gasteiger charge is -2.62. The Morgan fingerprint density at radius 2 is 1.84 bits per heavy atom. The van der Waals surface area contributed by atoms with Crippen LogP contribution in [0.4, 0.5) is 0 Å². The van der Waals surface area contributed by atoms with Crippen molar-refractivity contribution in [1.82, 2.24) is 4.90 Å². The Labute approximate surface area is 115 Å². The monoisotopic (exact) mass is 258 g/mol. The van der Waals surface area contributed by atoms with E-state index in [1.165, 1.54) is 0 Å². The average Bonchev–Trinajstić information content (AvgIpc) is 2.38. The van der Waals surface area contributed by atoms with Gasteiger partial charge in [0.25, 0.3) is 0 Å². The second-order valence-corrected chi connectivity index (χ2v) is 6.57. The summed E-state index contributed by atoms with van der Waals surface area (Å²) in [7, 11) is 0. The van der Waals surface area contributed by atoms with Crippen molar-refractivity contribution in [3.05, 3.63) is 35.4 Å². The number of hydrogen-bond donors (Lipinski definition) is 1. The van der Waals surface area contributed by atoms with Crippen molar-refractivity contribution >= 4 is 0 Å². The number of benzene rings is 1. The summed E-state index contributed by atoms with van der Waals surface area (Å²) < 4.78 is 0. The average molecular weight is 258 g/mol. The van der Waals surface area contributed by atoms with Crippen LogP contribution in [0.1, 0.15) is 44.9 Å². The number of aliphatic hydroxyl groups is 1. The number of likely N-dealkylation sites (tertiary alicyclic amines) is 1. The minimum Gasteiger partial charge on any atom is -0.387 e. The molecular formula is C16H22N2O. The Kier molecular flexibility index (Phi) is 3.42. The molecule has 1 aromatic carbocycles. The first-order valence-electron chi connectivity index (χ1n) is 6.71. The van der Waals surface area contributed by atoms with E-state index in [1.54, 1.807) is 12.1 Å². The van der Waals surface area contributed by atoms with Crippen LogP contribution in [0.5, 0.6) is 0 Å². The number of aliphatic hydroxyl groups excluding tert-OH is 1. The Morgan fingerprint density at radius 3 is 2.26 bits per heavy atom. The number of nitriles is 1. The Bertz CT molecular complexity index is 496. The van der Waals surface area contributed by atoms with Crippen LogP contribution in [0.2, 0.25) is 0 Å². The van der Waals surface area contributed by atoms with Gasteiger partial charge in [-0.05, 0) is 37.0 Å². The highest BCUT2D eigenvalue weighted by molar-refractivity contribution is 5.32. The molecule has 0 saturated carbocycles. The molecular weight excluding hydrogens is 236 g/mol. The zero-order valence-corrected chi connectivity index (χ0v) is 12.1. The SMILES string of the molecule is CC1(C)CN(CC(O)c2ccc(C#N)cc2)C1(C)C. The number of nitrogens with zero attached hydrogens (tertiary/aromatic N) is 2. The molecule has 0 aliphatic carbocycles. The number of β-amino-alcohol motifs (C(OH)–C–C–N with tert-alkyl or cyclic N) is 1. The van der Waals surface area contributed by atoms with Crippen LogP contribution in [0.25, 0.3) is 0 Å². The molecule has 1 aromatic rings. The van der Waals surface area contributed by atoms with Crippen molar-refractivity contribution in [1.29, 1.82) is 5.26 Å². The molecule has 0 amide bonds. The van der Waals surface area contributed by atoms with E-state index < -0.39 is 6.10 Å². The molecule has 0 bridgehead atoms. The Balaban J connectivity index is 2.02. The van der Waals surface area contributed by atoms with Crippen molar-refractivity contribution in [2.75, 3.05) is 13.1 Å². The van der Waals surface area contributed by atoms with E-state index in [9.17, 15) is 5.11 Å². The Hall–Kier alpha value is -1.37. The predicted molar refractivity (Wildman–Crippen MR) is 75.5 cm³/mol. The highest BCUT2D eigenvalue weighted by atomic mass is 16.3. The summed E-state index contributed by atoms with van der Waals surface area (Å²) in [6.07, 6.45) is -0.497. The van der Waals surface area contributed by atoms with E-state index in [2.05, 4.69) is 38.7 Å². The number of hydrogen-bond acceptors (Lipinski definition) is 3. The van der Waals surface area contributed by atoms with Gasteiger partial charge in [0.1, 0.15) is 0 Å². The molecule has 3 heteroatoms. The van der Waals surface area contributed by atoms with Crippen LogP contribution in [0.15, 0.2) is 24.3 Å².